The molecule has 0 aliphatic rings. The van der Waals surface area contributed by atoms with Gasteiger partial charge in [0.1, 0.15) is 5.75 Å². The number of rotatable bonds is 7. The van der Waals surface area contributed by atoms with Crippen LogP contribution in [0.2, 0.25) is 0 Å². The second-order valence-corrected chi connectivity index (χ2v) is 7.39. The van der Waals surface area contributed by atoms with Crippen LogP contribution in [0.4, 0.5) is 0 Å². The van der Waals surface area contributed by atoms with Crippen molar-refractivity contribution >= 4 is 15.9 Å². The zero-order valence-electron chi connectivity index (χ0n) is 14.7. The molecule has 0 aliphatic carbocycles. The summed E-state index contributed by atoms with van der Waals surface area (Å²) in [6.07, 6.45) is 0.916. The normalized spacial score (nSPS) is 12.2. The molecule has 0 spiro atoms. The summed E-state index contributed by atoms with van der Waals surface area (Å²) in [5, 5.41) is 10.4. The summed E-state index contributed by atoms with van der Waals surface area (Å²) in [7, 11) is 0. The molecule has 0 saturated heterocycles. The summed E-state index contributed by atoms with van der Waals surface area (Å²) in [6, 6.07) is 16.5. The standard InChI is InChI=1S/C21H26BrNO/c1-15(2)23(16(3)4)13-12-19(17-8-6-5-7-9-17)20-14-18(22)10-11-21(20)24/h5-11,14,16,19,24H,1,12-13H2,2-4H3. The van der Waals surface area contributed by atoms with E-state index in [-0.39, 0.29) is 5.92 Å². The van der Waals surface area contributed by atoms with E-state index in [1.54, 1.807) is 6.07 Å². The Morgan fingerprint density at radius 2 is 1.83 bits per heavy atom. The molecule has 128 valence electrons. The minimum Gasteiger partial charge on any atom is -0.508 e. The Morgan fingerprint density at radius 3 is 2.42 bits per heavy atom. The maximum absolute atomic E-state index is 10.4. The van der Waals surface area contributed by atoms with E-state index in [1.807, 2.05) is 25.1 Å². The van der Waals surface area contributed by atoms with Gasteiger partial charge in [0.25, 0.3) is 0 Å². The molecule has 0 aromatic heterocycles. The third kappa shape index (κ3) is 4.64. The van der Waals surface area contributed by atoms with Crippen molar-refractivity contribution in [3.8, 4) is 5.75 Å². The van der Waals surface area contributed by atoms with Gasteiger partial charge in [-0.15, -0.1) is 0 Å². The highest BCUT2D eigenvalue weighted by Gasteiger charge is 2.20. The predicted molar refractivity (Wildman–Crippen MR) is 105 cm³/mol. The highest BCUT2D eigenvalue weighted by molar-refractivity contribution is 9.10. The number of hydrogen-bond donors (Lipinski definition) is 1. The second-order valence-electron chi connectivity index (χ2n) is 6.48. The van der Waals surface area contributed by atoms with Gasteiger partial charge in [0.2, 0.25) is 0 Å². The van der Waals surface area contributed by atoms with E-state index in [1.165, 1.54) is 5.56 Å². The fraction of sp³-hybridized carbons (Fsp3) is 0.333. The summed E-state index contributed by atoms with van der Waals surface area (Å²) in [5.41, 5.74) is 3.26. The van der Waals surface area contributed by atoms with Crippen LogP contribution in [0, 0.1) is 0 Å². The molecule has 0 radical (unpaired) electrons. The highest BCUT2D eigenvalue weighted by Crippen LogP contribution is 2.36. The number of hydrogen-bond acceptors (Lipinski definition) is 2. The average molecular weight is 388 g/mol. The molecule has 24 heavy (non-hydrogen) atoms. The summed E-state index contributed by atoms with van der Waals surface area (Å²) in [6.45, 7) is 11.4. The zero-order valence-corrected chi connectivity index (χ0v) is 16.3. The Morgan fingerprint density at radius 1 is 1.17 bits per heavy atom. The van der Waals surface area contributed by atoms with Crippen molar-refractivity contribution in [3.63, 3.8) is 0 Å². The van der Waals surface area contributed by atoms with Gasteiger partial charge in [0, 0.05) is 34.2 Å². The number of allylic oxidation sites excluding steroid dienone is 1. The molecule has 2 rings (SSSR count). The van der Waals surface area contributed by atoms with Crippen LogP contribution in [0.15, 0.2) is 65.3 Å². The summed E-state index contributed by atoms with van der Waals surface area (Å²) >= 11 is 3.53. The Labute approximate surface area is 154 Å². The van der Waals surface area contributed by atoms with E-state index in [4.69, 9.17) is 0 Å². The lowest BCUT2D eigenvalue weighted by Gasteiger charge is -2.31. The first-order valence-electron chi connectivity index (χ1n) is 8.35. The summed E-state index contributed by atoms with van der Waals surface area (Å²) in [5.74, 6) is 0.489. The molecular weight excluding hydrogens is 362 g/mol. The molecular formula is C21H26BrNO. The number of phenolic OH excluding ortho intramolecular Hbond substituents is 1. The Kier molecular flexibility index (Phi) is 6.50. The van der Waals surface area contributed by atoms with Crippen molar-refractivity contribution in [3.05, 3.63) is 76.4 Å². The van der Waals surface area contributed by atoms with Crippen LogP contribution < -0.4 is 0 Å². The molecule has 0 fully saturated rings. The number of halogens is 1. The molecule has 1 atom stereocenters. The quantitative estimate of drug-likeness (QED) is 0.636. The summed E-state index contributed by atoms with van der Waals surface area (Å²) in [4.78, 5) is 2.31. The van der Waals surface area contributed by atoms with Gasteiger partial charge in [-0.1, -0.05) is 52.8 Å². The fourth-order valence-corrected chi connectivity index (χ4v) is 3.53. The van der Waals surface area contributed by atoms with Crippen LogP contribution in [-0.2, 0) is 0 Å². The lowest BCUT2D eigenvalue weighted by atomic mass is 9.87. The largest absolute Gasteiger partial charge is 0.508 e. The van der Waals surface area contributed by atoms with Crippen molar-refractivity contribution in [1.82, 2.24) is 4.90 Å². The zero-order chi connectivity index (χ0) is 17.7. The van der Waals surface area contributed by atoms with Gasteiger partial charge in [0.05, 0.1) is 0 Å². The van der Waals surface area contributed by atoms with E-state index in [2.05, 4.69) is 65.5 Å². The van der Waals surface area contributed by atoms with E-state index < -0.39 is 0 Å². The molecule has 3 heteroatoms. The van der Waals surface area contributed by atoms with E-state index in [0.717, 1.165) is 28.7 Å². The molecule has 1 N–H and O–H groups in total. The average Bonchev–Trinajstić information content (AvgIpc) is 2.54. The molecule has 0 bridgehead atoms. The first-order chi connectivity index (χ1) is 11.4. The number of benzene rings is 2. The van der Waals surface area contributed by atoms with Crippen molar-refractivity contribution in [2.45, 2.75) is 39.2 Å². The summed E-state index contributed by atoms with van der Waals surface area (Å²) < 4.78 is 0.983. The van der Waals surface area contributed by atoms with Crippen LogP contribution in [0.5, 0.6) is 5.75 Å². The maximum atomic E-state index is 10.4. The Hall–Kier alpha value is -1.74. The second kappa shape index (κ2) is 8.39. The monoisotopic (exact) mass is 387 g/mol. The third-order valence-corrected chi connectivity index (χ3v) is 4.83. The van der Waals surface area contributed by atoms with E-state index in [9.17, 15) is 5.11 Å². The molecule has 0 saturated carbocycles. The molecule has 2 aromatic rings. The topological polar surface area (TPSA) is 23.5 Å². The molecule has 0 heterocycles. The van der Waals surface area contributed by atoms with Crippen molar-refractivity contribution in [1.29, 1.82) is 0 Å². The smallest absolute Gasteiger partial charge is 0.119 e. The molecule has 2 aromatic carbocycles. The van der Waals surface area contributed by atoms with Crippen LogP contribution in [0.1, 0.15) is 44.2 Å². The molecule has 0 aliphatic heterocycles. The molecule has 2 nitrogen and oxygen atoms in total. The third-order valence-electron chi connectivity index (χ3n) is 4.34. The van der Waals surface area contributed by atoms with Gasteiger partial charge < -0.3 is 10.0 Å². The van der Waals surface area contributed by atoms with Gasteiger partial charge in [-0.05, 0) is 51.0 Å². The lowest BCUT2D eigenvalue weighted by molar-refractivity contribution is 0.277. The Balaban J connectivity index is 2.34. The predicted octanol–water partition coefficient (Wildman–Crippen LogP) is 5.92. The maximum Gasteiger partial charge on any atom is 0.119 e. The lowest BCUT2D eigenvalue weighted by Crippen LogP contribution is -2.30. The molecule has 1 unspecified atom stereocenters. The van der Waals surface area contributed by atoms with Crippen molar-refractivity contribution < 1.29 is 5.11 Å². The van der Waals surface area contributed by atoms with Gasteiger partial charge >= 0.3 is 0 Å². The van der Waals surface area contributed by atoms with Crippen LogP contribution >= 0.6 is 15.9 Å². The minimum atomic E-state index is 0.143. The van der Waals surface area contributed by atoms with Gasteiger partial charge in [-0.2, -0.15) is 0 Å². The first-order valence-corrected chi connectivity index (χ1v) is 9.15. The fourth-order valence-electron chi connectivity index (χ4n) is 3.15. The van der Waals surface area contributed by atoms with E-state index >= 15 is 0 Å². The SMILES string of the molecule is C=C(C)N(CCC(c1ccccc1)c1cc(Br)ccc1O)C(C)C. The van der Waals surface area contributed by atoms with Crippen LogP contribution in [-0.4, -0.2) is 22.6 Å². The number of nitrogens with zero attached hydrogens (tertiary/aromatic N) is 1. The van der Waals surface area contributed by atoms with Gasteiger partial charge in [-0.25, -0.2) is 0 Å². The van der Waals surface area contributed by atoms with Crippen molar-refractivity contribution in [2.75, 3.05) is 6.54 Å². The minimum absolute atomic E-state index is 0.143. The van der Waals surface area contributed by atoms with Crippen LogP contribution in [0.3, 0.4) is 0 Å². The van der Waals surface area contributed by atoms with Gasteiger partial charge in [0.15, 0.2) is 0 Å². The van der Waals surface area contributed by atoms with Gasteiger partial charge in [-0.3, -0.25) is 0 Å². The number of phenols is 1. The highest BCUT2D eigenvalue weighted by atomic mass is 79.9. The van der Waals surface area contributed by atoms with Crippen LogP contribution in [0.25, 0.3) is 0 Å². The van der Waals surface area contributed by atoms with Crippen molar-refractivity contribution in [2.24, 2.45) is 0 Å². The molecule has 0 amide bonds. The first kappa shape index (κ1) is 18.6. The van der Waals surface area contributed by atoms with E-state index in [0.29, 0.717) is 11.8 Å². The number of aromatic hydroxyl groups is 1. The Bertz CT molecular complexity index is 681.